The lowest BCUT2D eigenvalue weighted by atomic mass is 9.85. The maximum absolute atomic E-state index is 13.4. The van der Waals surface area contributed by atoms with E-state index in [1.807, 2.05) is 29.2 Å². The highest BCUT2D eigenvalue weighted by Gasteiger charge is 2.43. The summed E-state index contributed by atoms with van der Waals surface area (Å²) >= 11 is 0. The van der Waals surface area contributed by atoms with Gasteiger partial charge < -0.3 is 19.5 Å². The molecule has 3 atom stereocenters. The summed E-state index contributed by atoms with van der Waals surface area (Å²) in [5.41, 5.74) is 1.76. The van der Waals surface area contributed by atoms with E-state index >= 15 is 0 Å². The number of hydrogen-bond acceptors (Lipinski definition) is 7. The van der Waals surface area contributed by atoms with Crippen LogP contribution < -0.4 is 4.90 Å². The molecule has 3 unspecified atom stereocenters. The van der Waals surface area contributed by atoms with Crippen molar-refractivity contribution in [1.29, 1.82) is 0 Å². The van der Waals surface area contributed by atoms with Crippen LogP contribution >= 0.6 is 0 Å². The van der Waals surface area contributed by atoms with E-state index in [0.29, 0.717) is 49.8 Å². The van der Waals surface area contributed by atoms with E-state index in [0.717, 1.165) is 23.3 Å². The third-order valence-corrected chi connectivity index (χ3v) is 8.69. The number of aliphatic hydroxyl groups excluding tert-OH is 1. The number of rotatable bonds is 9. The normalized spacial score (nSPS) is 22.1. The van der Waals surface area contributed by atoms with E-state index in [4.69, 9.17) is 14.5 Å². The molecule has 1 saturated heterocycles. The number of alkyl halides is 6. The first-order valence-corrected chi connectivity index (χ1v) is 16.1. The Morgan fingerprint density at radius 2 is 1.69 bits per heavy atom. The molecule has 49 heavy (non-hydrogen) atoms. The van der Waals surface area contributed by atoms with Crippen LogP contribution in [0.5, 0.6) is 0 Å². The Labute approximate surface area is 281 Å². The third kappa shape index (κ3) is 8.93. The molecule has 1 aromatic carbocycles. The molecule has 2 aromatic rings. The third-order valence-electron chi connectivity index (χ3n) is 8.69. The lowest BCUT2D eigenvalue weighted by molar-refractivity contribution is -0.186. The van der Waals surface area contributed by atoms with E-state index in [1.54, 1.807) is 39.0 Å². The van der Waals surface area contributed by atoms with Crippen molar-refractivity contribution in [3.05, 3.63) is 100 Å². The van der Waals surface area contributed by atoms with Crippen LogP contribution in [0.3, 0.4) is 0 Å². The van der Waals surface area contributed by atoms with Crippen molar-refractivity contribution in [3.8, 4) is 0 Å². The van der Waals surface area contributed by atoms with E-state index in [2.05, 4.69) is 4.90 Å². The van der Waals surface area contributed by atoms with Crippen LogP contribution in [-0.4, -0.2) is 71.7 Å². The summed E-state index contributed by atoms with van der Waals surface area (Å²) in [4.78, 5) is 22.0. The average Bonchev–Trinajstić information content (AvgIpc) is 3.04. The van der Waals surface area contributed by atoms with Gasteiger partial charge in [0.05, 0.1) is 30.1 Å². The first-order valence-electron chi connectivity index (χ1n) is 16.1. The number of pyridine rings is 1. The molecule has 264 valence electrons. The number of halogens is 6. The van der Waals surface area contributed by atoms with E-state index in [1.165, 1.54) is 12.2 Å². The van der Waals surface area contributed by atoms with Crippen molar-refractivity contribution in [3.63, 3.8) is 0 Å². The van der Waals surface area contributed by atoms with Gasteiger partial charge in [-0.1, -0.05) is 55.5 Å². The fourth-order valence-electron chi connectivity index (χ4n) is 6.20. The number of aromatic nitrogens is 1. The Morgan fingerprint density at radius 3 is 2.37 bits per heavy atom. The fourth-order valence-corrected chi connectivity index (χ4v) is 6.20. The molecule has 13 heteroatoms. The second-order valence-electron chi connectivity index (χ2n) is 12.8. The Kier molecular flexibility index (Phi) is 10.9. The zero-order valence-corrected chi connectivity index (χ0v) is 27.4. The summed E-state index contributed by atoms with van der Waals surface area (Å²) < 4.78 is 91.7. The minimum Gasteiger partial charge on any atom is -0.508 e. The van der Waals surface area contributed by atoms with Crippen LogP contribution in [0.1, 0.15) is 54.4 Å². The van der Waals surface area contributed by atoms with Crippen LogP contribution in [0.2, 0.25) is 0 Å². The maximum atomic E-state index is 13.4. The highest BCUT2D eigenvalue weighted by atomic mass is 19.4. The highest BCUT2D eigenvalue weighted by molar-refractivity contribution is 5.95. The quantitative estimate of drug-likeness (QED) is 0.211. The molecule has 2 aliphatic carbocycles. The Morgan fingerprint density at radius 1 is 1.00 bits per heavy atom. The number of benzene rings is 1. The largest absolute Gasteiger partial charge is 0.508 e. The number of aliphatic hydroxyl groups is 1. The van der Waals surface area contributed by atoms with Gasteiger partial charge in [0.15, 0.2) is 0 Å². The van der Waals surface area contributed by atoms with E-state index in [9.17, 15) is 36.2 Å². The van der Waals surface area contributed by atoms with Gasteiger partial charge in [-0.15, -0.1) is 0 Å². The molecule has 7 nitrogen and oxygen atoms in total. The number of anilines is 1. The number of hydrogen-bond donors (Lipinski definition) is 1. The van der Waals surface area contributed by atoms with Crippen molar-refractivity contribution in [2.24, 2.45) is 11.8 Å². The second kappa shape index (κ2) is 14.8. The van der Waals surface area contributed by atoms with Gasteiger partial charge in [0.25, 0.3) is 0 Å². The number of piperazine rings is 1. The number of carbonyl (C=O) groups excluding carboxylic acids is 1. The molecule has 0 amide bonds. The van der Waals surface area contributed by atoms with Crippen molar-refractivity contribution in [1.82, 2.24) is 9.88 Å². The van der Waals surface area contributed by atoms with Crippen LogP contribution in [0.15, 0.2) is 78.1 Å². The summed E-state index contributed by atoms with van der Waals surface area (Å²) in [6, 6.07) is 10.6. The minimum atomic E-state index is -4.65. The summed E-state index contributed by atoms with van der Waals surface area (Å²) in [6.45, 7) is 7.84. The SMILES string of the molecule is CC(C)OC(=O)c1ccc(C2=CC(O)=C(C(F)(F)F)CC2C)nc1N1CCN(Cc2cccc(COC3C=CC=CC3C(F)(F)F)c2)CC1. The van der Waals surface area contributed by atoms with Gasteiger partial charge in [-0.05, 0) is 61.1 Å². The molecule has 0 bridgehead atoms. The minimum absolute atomic E-state index is 0.0223. The van der Waals surface area contributed by atoms with Gasteiger partial charge in [-0.2, -0.15) is 26.3 Å². The number of carbonyl (C=O) groups is 1. The molecule has 1 fully saturated rings. The van der Waals surface area contributed by atoms with Gasteiger partial charge >= 0.3 is 18.3 Å². The Bertz CT molecular complexity index is 1640. The maximum Gasteiger partial charge on any atom is 0.416 e. The first kappa shape index (κ1) is 36.2. The topological polar surface area (TPSA) is 75.1 Å². The number of allylic oxidation sites excluding steroid dienone is 5. The second-order valence-corrected chi connectivity index (χ2v) is 12.8. The zero-order chi connectivity index (χ0) is 35.5. The van der Waals surface area contributed by atoms with Crippen LogP contribution in [0.25, 0.3) is 5.57 Å². The zero-order valence-electron chi connectivity index (χ0n) is 27.4. The first-order chi connectivity index (χ1) is 23.1. The fraction of sp³-hybridized carbons (Fsp3) is 0.444. The summed E-state index contributed by atoms with van der Waals surface area (Å²) in [6.07, 6.45) is -4.40. The number of ether oxygens (including phenoxy) is 2. The van der Waals surface area contributed by atoms with Crippen LogP contribution in [0.4, 0.5) is 32.2 Å². The molecule has 0 saturated carbocycles. The lowest BCUT2D eigenvalue weighted by Gasteiger charge is -2.36. The monoisotopic (exact) mass is 691 g/mol. The summed E-state index contributed by atoms with van der Waals surface area (Å²) in [5, 5.41) is 10.2. The molecule has 1 N–H and O–H groups in total. The average molecular weight is 692 g/mol. The Balaban J connectivity index is 1.28. The van der Waals surface area contributed by atoms with Crippen molar-refractivity contribution in [2.45, 2.75) is 64.9 Å². The molecule has 3 aliphatic rings. The van der Waals surface area contributed by atoms with Crippen molar-refractivity contribution >= 4 is 17.4 Å². The molecule has 5 rings (SSSR count). The molecular formula is C36H39F6N3O4. The smallest absolute Gasteiger partial charge is 0.416 e. The number of esters is 1. The van der Waals surface area contributed by atoms with Crippen molar-refractivity contribution in [2.75, 3.05) is 31.1 Å². The molecule has 0 spiro atoms. The number of nitrogens with zero attached hydrogens (tertiary/aromatic N) is 3. The molecule has 2 heterocycles. The van der Waals surface area contributed by atoms with Crippen LogP contribution in [-0.2, 0) is 22.6 Å². The van der Waals surface area contributed by atoms with Gasteiger partial charge in [-0.3, -0.25) is 4.90 Å². The molecular weight excluding hydrogens is 652 g/mol. The van der Waals surface area contributed by atoms with Gasteiger partial charge in [0.2, 0.25) is 0 Å². The predicted octanol–water partition coefficient (Wildman–Crippen LogP) is 7.96. The summed E-state index contributed by atoms with van der Waals surface area (Å²) in [7, 11) is 0. The molecule has 1 aliphatic heterocycles. The molecule has 1 aromatic heterocycles. The van der Waals surface area contributed by atoms with Gasteiger partial charge in [0, 0.05) is 32.7 Å². The lowest BCUT2D eigenvalue weighted by Crippen LogP contribution is -2.46. The van der Waals surface area contributed by atoms with Gasteiger partial charge in [0.1, 0.15) is 23.1 Å². The Hall–Kier alpha value is -4.10. The van der Waals surface area contributed by atoms with Crippen LogP contribution in [0, 0.1) is 11.8 Å². The van der Waals surface area contributed by atoms with Crippen molar-refractivity contribution < 1.29 is 45.7 Å². The highest BCUT2D eigenvalue weighted by Crippen LogP contribution is 2.41. The summed E-state index contributed by atoms with van der Waals surface area (Å²) in [5.74, 6) is -3.34. The van der Waals surface area contributed by atoms with Gasteiger partial charge in [-0.25, -0.2) is 9.78 Å². The van der Waals surface area contributed by atoms with E-state index < -0.39 is 54.0 Å². The molecule has 0 radical (unpaired) electrons. The van der Waals surface area contributed by atoms with E-state index in [-0.39, 0.29) is 18.3 Å². The standard InChI is InChI=1S/C36H39F6N3O4/c1-22(2)49-34(47)26-11-12-30(27-19-31(46)29(17-23(27)3)36(40,41)42)43-33(26)45-15-13-44(14-16-45)20-24-7-6-8-25(18-24)21-48-32-10-5-4-9-28(32)35(37,38)39/h4-12,18-19,22-23,28,32,46H,13-17,20-21H2,1-3H3. The predicted molar refractivity (Wildman–Crippen MR) is 173 cm³/mol.